The molecule has 170 valence electrons. The van der Waals surface area contributed by atoms with Crippen molar-refractivity contribution in [3.63, 3.8) is 0 Å². The Morgan fingerprint density at radius 1 is 1.00 bits per heavy atom. The van der Waals surface area contributed by atoms with Gasteiger partial charge in [-0.25, -0.2) is 5.43 Å². The predicted molar refractivity (Wildman–Crippen MR) is 138 cm³/mol. The van der Waals surface area contributed by atoms with Gasteiger partial charge in [0.05, 0.1) is 15.2 Å². The van der Waals surface area contributed by atoms with E-state index in [0.717, 1.165) is 16.8 Å². The number of nitrogens with zero attached hydrogens (tertiary/aromatic N) is 1. The number of carbonyl (C=O) groups excluding carboxylic acids is 2. The third-order valence-electron chi connectivity index (χ3n) is 4.65. The Hall–Kier alpha value is -2.68. The summed E-state index contributed by atoms with van der Waals surface area (Å²) in [4.78, 5) is 24.4. The van der Waals surface area contributed by atoms with Gasteiger partial charge in [-0.3, -0.25) is 9.59 Å². The normalized spacial score (nSPS) is 10.8. The van der Waals surface area contributed by atoms with E-state index in [2.05, 4.69) is 47.7 Å². The summed E-state index contributed by atoms with van der Waals surface area (Å²) < 4.78 is 6.94. The maximum absolute atomic E-state index is 12.3. The number of amides is 2. The van der Waals surface area contributed by atoms with Gasteiger partial charge in [-0.15, -0.1) is 0 Å². The Bertz CT molecular complexity index is 1190. The van der Waals surface area contributed by atoms with E-state index in [4.69, 9.17) is 16.3 Å². The molecule has 0 spiro atoms. The third kappa shape index (κ3) is 7.15. The van der Waals surface area contributed by atoms with Crippen LogP contribution in [-0.4, -0.2) is 24.6 Å². The first-order valence-electron chi connectivity index (χ1n) is 9.81. The molecule has 33 heavy (non-hydrogen) atoms. The zero-order valence-corrected chi connectivity index (χ0v) is 21.7. The lowest BCUT2D eigenvalue weighted by atomic mass is 10.1. The number of ether oxygens (including phenoxy) is 1. The van der Waals surface area contributed by atoms with Crippen LogP contribution in [0.4, 0.5) is 5.69 Å². The average Bonchev–Trinajstić information content (AvgIpc) is 2.76. The van der Waals surface area contributed by atoms with E-state index in [1.165, 1.54) is 6.21 Å². The molecule has 0 aliphatic rings. The molecule has 0 saturated carbocycles. The summed E-state index contributed by atoms with van der Waals surface area (Å²) in [6.07, 6.45) is 1.50. The van der Waals surface area contributed by atoms with Gasteiger partial charge in [0.15, 0.2) is 6.61 Å². The average molecular weight is 594 g/mol. The Labute approximate surface area is 213 Å². The lowest BCUT2D eigenvalue weighted by molar-refractivity contribution is -0.118. The molecule has 0 fully saturated rings. The summed E-state index contributed by atoms with van der Waals surface area (Å²) in [6, 6.07) is 15.7. The Morgan fingerprint density at radius 2 is 1.67 bits per heavy atom. The zero-order valence-electron chi connectivity index (χ0n) is 17.8. The fourth-order valence-electron chi connectivity index (χ4n) is 2.78. The number of hydrogen-bond acceptors (Lipinski definition) is 4. The molecule has 2 N–H and O–H groups in total. The first kappa shape index (κ1) is 25.0. The first-order chi connectivity index (χ1) is 15.7. The van der Waals surface area contributed by atoms with Gasteiger partial charge < -0.3 is 10.1 Å². The number of rotatable bonds is 7. The molecule has 9 heteroatoms. The fraction of sp³-hybridized carbons (Fsp3) is 0.125. The zero-order chi connectivity index (χ0) is 24.0. The minimum atomic E-state index is -0.351. The molecule has 0 atom stereocenters. The molecule has 0 saturated heterocycles. The molecule has 0 aromatic heterocycles. The van der Waals surface area contributed by atoms with Crippen molar-refractivity contribution in [3.8, 4) is 5.75 Å². The number of anilines is 1. The van der Waals surface area contributed by atoms with Gasteiger partial charge in [0.1, 0.15) is 5.75 Å². The van der Waals surface area contributed by atoms with E-state index in [-0.39, 0.29) is 18.4 Å². The fourth-order valence-corrected chi connectivity index (χ4v) is 4.35. The maximum atomic E-state index is 12.3. The van der Waals surface area contributed by atoms with E-state index in [1.807, 2.05) is 32.0 Å². The minimum Gasteiger partial charge on any atom is -0.481 e. The molecule has 0 bridgehead atoms. The lowest BCUT2D eigenvalue weighted by Gasteiger charge is -2.12. The summed E-state index contributed by atoms with van der Waals surface area (Å²) in [5, 5.41) is 7.36. The molecule has 0 aliphatic carbocycles. The number of nitrogens with one attached hydrogen (secondary N) is 2. The van der Waals surface area contributed by atoms with Gasteiger partial charge in [0.2, 0.25) is 0 Å². The molecular weight excluding hydrogens is 574 g/mol. The summed E-state index contributed by atoms with van der Waals surface area (Å²) in [5.74, 6) is -0.143. The second-order valence-electron chi connectivity index (χ2n) is 7.16. The standard InChI is InChI=1S/C24H20Br2ClN3O3/c1-14-3-8-19(9-15(14)2)29-22(31)13-33-23-20(25)10-16(11-21(23)26)12-28-30-24(32)17-4-6-18(27)7-5-17/h3-12H,13H2,1-2H3,(H,29,31)(H,30,32)/b28-12+. The molecule has 6 nitrogen and oxygen atoms in total. The predicted octanol–water partition coefficient (Wildman–Crippen LogP) is 6.26. The van der Waals surface area contributed by atoms with Crippen LogP contribution in [0.15, 0.2) is 68.6 Å². The Kier molecular flexibility index (Phi) is 8.66. The highest BCUT2D eigenvalue weighted by Crippen LogP contribution is 2.34. The van der Waals surface area contributed by atoms with Crippen LogP contribution < -0.4 is 15.5 Å². The van der Waals surface area contributed by atoms with Crippen molar-refractivity contribution in [1.82, 2.24) is 5.43 Å². The van der Waals surface area contributed by atoms with Crippen LogP contribution >= 0.6 is 43.5 Å². The highest BCUT2D eigenvalue weighted by molar-refractivity contribution is 9.11. The summed E-state index contributed by atoms with van der Waals surface area (Å²) >= 11 is 12.7. The summed E-state index contributed by atoms with van der Waals surface area (Å²) in [5.41, 5.74) is 6.59. The summed E-state index contributed by atoms with van der Waals surface area (Å²) in [7, 11) is 0. The van der Waals surface area contributed by atoms with Gasteiger partial charge in [0.25, 0.3) is 11.8 Å². The SMILES string of the molecule is Cc1ccc(NC(=O)COc2c(Br)cc(/C=N/NC(=O)c3ccc(Cl)cc3)cc2Br)cc1C. The molecule has 0 radical (unpaired) electrons. The number of benzene rings is 3. The van der Waals surface area contributed by atoms with Crippen molar-refractivity contribution in [2.75, 3.05) is 11.9 Å². The highest BCUT2D eigenvalue weighted by Gasteiger charge is 2.12. The van der Waals surface area contributed by atoms with Gasteiger partial charge in [-0.2, -0.15) is 5.10 Å². The topological polar surface area (TPSA) is 79.8 Å². The number of halogens is 3. The number of carbonyl (C=O) groups is 2. The van der Waals surface area contributed by atoms with Crippen LogP contribution in [0.2, 0.25) is 5.02 Å². The van der Waals surface area contributed by atoms with Crippen LogP contribution in [0.25, 0.3) is 0 Å². The summed E-state index contributed by atoms with van der Waals surface area (Å²) in [6.45, 7) is 3.85. The largest absolute Gasteiger partial charge is 0.481 e. The molecular formula is C24H20Br2ClN3O3. The molecule has 3 rings (SSSR count). The van der Waals surface area contributed by atoms with Crippen molar-refractivity contribution in [2.24, 2.45) is 5.10 Å². The van der Waals surface area contributed by atoms with Gasteiger partial charge in [0, 0.05) is 16.3 Å². The Balaban J connectivity index is 1.58. The third-order valence-corrected chi connectivity index (χ3v) is 6.08. The van der Waals surface area contributed by atoms with E-state index >= 15 is 0 Å². The molecule has 0 unspecified atom stereocenters. The first-order valence-corrected chi connectivity index (χ1v) is 11.8. The monoisotopic (exact) mass is 591 g/mol. The van der Waals surface area contributed by atoms with Crippen molar-refractivity contribution < 1.29 is 14.3 Å². The lowest BCUT2D eigenvalue weighted by Crippen LogP contribution is -2.20. The van der Waals surface area contributed by atoms with Crippen LogP contribution in [0.1, 0.15) is 27.0 Å². The van der Waals surface area contributed by atoms with Gasteiger partial charge in [-0.1, -0.05) is 17.7 Å². The van der Waals surface area contributed by atoms with Crippen molar-refractivity contribution in [1.29, 1.82) is 0 Å². The quantitative estimate of drug-likeness (QED) is 0.251. The smallest absolute Gasteiger partial charge is 0.271 e. The minimum absolute atomic E-state index is 0.158. The molecule has 2 amide bonds. The van der Waals surface area contributed by atoms with Crippen molar-refractivity contribution >= 4 is 67.2 Å². The van der Waals surface area contributed by atoms with E-state index in [9.17, 15) is 9.59 Å². The van der Waals surface area contributed by atoms with E-state index < -0.39 is 0 Å². The van der Waals surface area contributed by atoms with Crippen LogP contribution in [-0.2, 0) is 4.79 Å². The van der Waals surface area contributed by atoms with Crippen molar-refractivity contribution in [3.05, 3.63) is 90.8 Å². The second-order valence-corrected chi connectivity index (χ2v) is 9.30. The number of aryl methyl sites for hydroxylation is 2. The molecule has 0 heterocycles. The van der Waals surface area contributed by atoms with Gasteiger partial charge in [-0.05, 0) is 111 Å². The molecule has 3 aromatic rings. The van der Waals surface area contributed by atoms with Crippen LogP contribution in [0.3, 0.4) is 0 Å². The second kappa shape index (κ2) is 11.4. The molecule has 3 aromatic carbocycles. The van der Waals surface area contributed by atoms with Crippen molar-refractivity contribution in [2.45, 2.75) is 13.8 Å². The van der Waals surface area contributed by atoms with E-state index in [1.54, 1.807) is 36.4 Å². The van der Waals surface area contributed by atoms with Gasteiger partial charge >= 0.3 is 0 Å². The molecule has 0 aliphatic heterocycles. The number of hydrazone groups is 1. The maximum Gasteiger partial charge on any atom is 0.271 e. The van der Waals surface area contributed by atoms with Crippen LogP contribution in [0, 0.1) is 13.8 Å². The highest BCUT2D eigenvalue weighted by atomic mass is 79.9. The number of hydrogen-bond donors (Lipinski definition) is 2. The Morgan fingerprint density at radius 3 is 2.30 bits per heavy atom. The van der Waals surface area contributed by atoms with E-state index in [0.29, 0.717) is 30.8 Å². The van der Waals surface area contributed by atoms with Crippen LogP contribution in [0.5, 0.6) is 5.75 Å².